The first-order chi connectivity index (χ1) is 15.0. The first-order valence-corrected chi connectivity index (χ1v) is 12.6. The second kappa shape index (κ2) is 9.87. The molecule has 0 radical (unpaired) electrons. The Hall–Kier alpha value is -2.32. The molecule has 1 N–H and O–H groups in total. The number of fused-ring (bicyclic) bond motifs is 3. The zero-order valence-electron chi connectivity index (χ0n) is 17.9. The molecule has 8 heteroatoms. The predicted octanol–water partition coefficient (Wildman–Crippen LogP) is 4.15. The van der Waals surface area contributed by atoms with Crippen molar-refractivity contribution in [3.8, 4) is 5.75 Å². The van der Waals surface area contributed by atoms with E-state index >= 15 is 0 Å². The van der Waals surface area contributed by atoms with Crippen molar-refractivity contribution in [3.63, 3.8) is 0 Å². The zero-order chi connectivity index (χ0) is 21.8. The number of amides is 1. The summed E-state index contributed by atoms with van der Waals surface area (Å²) in [7, 11) is 1.83. The van der Waals surface area contributed by atoms with Crippen LogP contribution in [0.1, 0.15) is 41.6 Å². The van der Waals surface area contributed by atoms with Crippen molar-refractivity contribution in [1.29, 1.82) is 0 Å². The molecular weight excluding hydrogens is 430 g/mol. The topological polar surface area (TPSA) is 75.3 Å². The molecule has 0 bridgehead atoms. The molecule has 0 fully saturated rings. The number of carbonyl (C=O) groups is 1. The van der Waals surface area contributed by atoms with Gasteiger partial charge in [-0.3, -0.25) is 9.59 Å². The molecular formula is C23H27N3O3S2. The molecule has 31 heavy (non-hydrogen) atoms. The Kier molecular flexibility index (Phi) is 6.97. The highest BCUT2D eigenvalue weighted by Gasteiger charge is 2.21. The second-order valence-electron chi connectivity index (χ2n) is 7.68. The van der Waals surface area contributed by atoms with Gasteiger partial charge in [-0.2, -0.15) is 11.8 Å². The third kappa shape index (κ3) is 5.13. The Morgan fingerprint density at radius 1 is 1.29 bits per heavy atom. The number of nitrogens with zero attached hydrogens (tertiary/aromatic N) is 2. The van der Waals surface area contributed by atoms with Crippen LogP contribution in [0.5, 0.6) is 5.75 Å². The standard InChI is InChI=1S/C23H27N3O3S2/c1-3-29-16-9-7-15(8-10-16)13-26(2)20(27)11-12-30-14-19-24-22(28)21-17-5-4-6-18(17)31-23(21)25-19/h7-10H,3-6,11-14H2,1-2H3,(H,24,25,28). The molecule has 4 rings (SSSR count). The van der Waals surface area contributed by atoms with Gasteiger partial charge in [-0.05, 0) is 49.4 Å². The summed E-state index contributed by atoms with van der Waals surface area (Å²) in [6, 6.07) is 7.84. The van der Waals surface area contributed by atoms with Crippen molar-refractivity contribution in [3.05, 3.63) is 56.4 Å². The number of H-pyrrole nitrogens is 1. The number of aromatic amines is 1. The first kappa shape index (κ1) is 21.9. The van der Waals surface area contributed by atoms with Crippen molar-refractivity contribution >= 4 is 39.2 Å². The van der Waals surface area contributed by atoms with Crippen LogP contribution in [-0.2, 0) is 29.9 Å². The van der Waals surface area contributed by atoms with Gasteiger partial charge in [-0.25, -0.2) is 4.98 Å². The molecule has 0 atom stereocenters. The average molecular weight is 458 g/mol. The lowest BCUT2D eigenvalue weighted by molar-refractivity contribution is -0.129. The Bertz CT molecular complexity index is 1120. The molecule has 1 amide bonds. The summed E-state index contributed by atoms with van der Waals surface area (Å²) >= 11 is 3.28. The Labute approximate surface area is 190 Å². The van der Waals surface area contributed by atoms with E-state index in [0.29, 0.717) is 36.9 Å². The second-order valence-corrected chi connectivity index (χ2v) is 9.87. The minimum atomic E-state index is -0.0221. The molecule has 0 saturated heterocycles. The van der Waals surface area contributed by atoms with Crippen LogP contribution in [0.3, 0.4) is 0 Å². The molecule has 0 spiro atoms. The van der Waals surface area contributed by atoms with E-state index < -0.39 is 0 Å². The van der Waals surface area contributed by atoms with Gasteiger partial charge in [0.25, 0.3) is 5.56 Å². The third-order valence-corrected chi connectivity index (χ3v) is 7.56. The quantitative estimate of drug-likeness (QED) is 0.489. The lowest BCUT2D eigenvalue weighted by Crippen LogP contribution is -2.26. The molecule has 1 aliphatic carbocycles. The summed E-state index contributed by atoms with van der Waals surface area (Å²) in [6.07, 6.45) is 3.64. The van der Waals surface area contributed by atoms with E-state index in [-0.39, 0.29) is 11.5 Å². The van der Waals surface area contributed by atoms with Crippen molar-refractivity contribution in [1.82, 2.24) is 14.9 Å². The molecule has 0 aliphatic heterocycles. The van der Waals surface area contributed by atoms with Crippen molar-refractivity contribution in [2.75, 3.05) is 19.4 Å². The number of thioether (sulfide) groups is 1. The van der Waals surface area contributed by atoms with Crippen LogP contribution < -0.4 is 10.3 Å². The van der Waals surface area contributed by atoms with Crippen LogP contribution in [0.2, 0.25) is 0 Å². The van der Waals surface area contributed by atoms with Gasteiger partial charge in [0.1, 0.15) is 16.4 Å². The average Bonchev–Trinajstić information content (AvgIpc) is 3.33. The van der Waals surface area contributed by atoms with Crippen LogP contribution in [0.4, 0.5) is 0 Å². The predicted molar refractivity (Wildman–Crippen MR) is 127 cm³/mol. The van der Waals surface area contributed by atoms with E-state index in [2.05, 4.69) is 9.97 Å². The highest BCUT2D eigenvalue weighted by molar-refractivity contribution is 7.98. The summed E-state index contributed by atoms with van der Waals surface area (Å²) in [6.45, 7) is 3.17. The Morgan fingerprint density at radius 2 is 2.10 bits per heavy atom. The fourth-order valence-corrected chi connectivity index (χ4v) is 5.93. The van der Waals surface area contributed by atoms with E-state index in [1.807, 2.05) is 38.2 Å². The number of aromatic nitrogens is 2. The van der Waals surface area contributed by atoms with Crippen LogP contribution in [0.15, 0.2) is 29.1 Å². The van der Waals surface area contributed by atoms with E-state index in [1.165, 1.54) is 10.4 Å². The fraction of sp³-hybridized carbons (Fsp3) is 0.435. The number of hydrogen-bond donors (Lipinski definition) is 1. The van der Waals surface area contributed by atoms with Gasteiger partial charge in [0.05, 0.1) is 17.7 Å². The summed E-state index contributed by atoms with van der Waals surface area (Å²) in [5, 5.41) is 0.789. The minimum Gasteiger partial charge on any atom is -0.494 e. The largest absolute Gasteiger partial charge is 0.494 e. The van der Waals surface area contributed by atoms with Crippen molar-refractivity contribution < 1.29 is 9.53 Å². The van der Waals surface area contributed by atoms with Gasteiger partial charge < -0.3 is 14.6 Å². The number of nitrogens with one attached hydrogen (secondary N) is 1. The first-order valence-electron chi connectivity index (χ1n) is 10.6. The number of hydrogen-bond acceptors (Lipinski definition) is 6. The molecule has 6 nitrogen and oxygen atoms in total. The van der Waals surface area contributed by atoms with Gasteiger partial charge in [0.15, 0.2) is 0 Å². The van der Waals surface area contributed by atoms with Crippen LogP contribution in [-0.4, -0.2) is 40.2 Å². The molecule has 1 aliphatic rings. The van der Waals surface area contributed by atoms with Gasteiger partial charge in [0, 0.05) is 30.6 Å². The summed E-state index contributed by atoms with van der Waals surface area (Å²) in [5.74, 6) is 2.93. The zero-order valence-corrected chi connectivity index (χ0v) is 19.5. The maximum absolute atomic E-state index is 12.5. The number of thiophene rings is 1. The highest BCUT2D eigenvalue weighted by atomic mass is 32.2. The molecule has 0 saturated carbocycles. The molecule has 3 aromatic rings. The van der Waals surface area contributed by atoms with Crippen molar-refractivity contribution in [2.24, 2.45) is 0 Å². The molecule has 2 heterocycles. The third-order valence-electron chi connectivity index (χ3n) is 5.40. The van der Waals surface area contributed by atoms with Crippen LogP contribution >= 0.6 is 23.1 Å². The lowest BCUT2D eigenvalue weighted by atomic mass is 10.2. The van der Waals surface area contributed by atoms with Crippen molar-refractivity contribution in [2.45, 2.75) is 44.9 Å². The summed E-state index contributed by atoms with van der Waals surface area (Å²) in [4.78, 5) is 36.5. The number of benzene rings is 1. The molecule has 2 aromatic heterocycles. The highest BCUT2D eigenvalue weighted by Crippen LogP contribution is 2.34. The number of rotatable bonds is 9. The lowest BCUT2D eigenvalue weighted by Gasteiger charge is -2.17. The number of aryl methyl sites for hydroxylation is 2. The van der Waals surface area contributed by atoms with E-state index in [0.717, 1.165) is 40.8 Å². The summed E-state index contributed by atoms with van der Waals surface area (Å²) in [5.41, 5.74) is 2.25. The Morgan fingerprint density at radius 3 is 2.87 bits per heavy atom. The fourth-order valence-electron chi connectivity index (χ4n) is 3.85. The normalized spacial score (nSPS) is 12.8. The van der Waals surface area contributed by atoms with Gasteiger partial charge in [-0.15, -0.1) is 11.3 Å². The minimum absolute atomic E-state index is 0.0221. The van der Waals surface area contributed by atoms with Crippen LogP contribution in [0.25, 0.3) is 10.2 Å². The number of carbonyl (C=O) groups excluding carboxylic acids is 1. The van der Waals surface area contributed by atoms with Gasteiger partial charge in [0.2, 0.25) is 5.91 Å². The smallest absolute Gasteiger partial charge is 0.259 e. The SMILES string of the molecule is CCOc1ccc(CN(C)C(=O)CCSCc2nc3sc4c(c3c(=O)[nH]2)CCC4)cc1. The van der Waals surface area contributed by atoms with E-state index in [1.54, 1.807) is 28.0 Å². The Balaban J connectivity index is 1.25. The number of ether oxygens (including phenoxy) is 1. The van der Waals surface area contributed by atoms with Gasteiger partial charge in [-0.1, -0.05) is 12.1 Å². The van der Waals surface area contributed by atoms with E-state index in [9.17, 15) is 9.59 Å². The maximum Gasteiger partial charge on any atom is 0.259 e. The monoisotopic (exact) mass is 457 g/mol. The van der Waals surface area contributed by atoms with E-state index in [4.69, 9.17) is 4.74 Å². The maximum atomic E-state index is 12.5. The molecule has 1 aromatic carbocycles. The summed E-state index contributed by atoms with van der Waals surface area (Å²) < 4.78 is 5.45. The molecule has 0 unspecified atom stereocenters. The van der Waals surface area contributed by atoms with Crippen LogP contribution in [0, 0.1) is 0 Å². The van der Waals surface area contributed by atoms with Gasteiger partial charge >= 0.3 is 0 Å². The molecule has 164 valence electrons.